The number of aromatic amines is 1. The van der Waals surface area contributed by atoms with E-state index in [-0.39, 0.29) is 11.9 Å². The standard InChI is InChI=1S/C19H19ClN6O/c20-14-5-3-13(4-6-14)16-10-17(25-24-16)19(27)23-15-2-1-9-26(12-15)18-11-21-7-8-22-18/h3-8,10-11,15H,1-2,9,12H2,(H,23,27)(H,24,25)/t15-/m0/s1. The van der Waals surface area contributed by atoms with Crippen LogP contribution in [0.3, 0.4) is 0 Å². The third-order valence-electron chi connectivity index (χ3n) is 4.59. The van der Waals surface area contributed by atoms with Gasteiger partial charge in [0.1, 0.15) is 11.5 Å². The second kappa shape index (κ2) is 7.75. The Kier molecular flexibility index (Phi) is 5.02. The molecule has 3 heterocycles. The molecule has 1 amide bonds. The smallest absolute Gasteiger partial charge is 0.269 e. The molecule has 1 aromatic carbocycles. The highest BCUT2D eigenvalue weighted by Crippen LogP contribution is 2.21. The Labute approximate surface area is 161 Å². The van der Waals surface area contributed by atoms with Gasteiger partial charge >= 0.3 is 0 Å². The van der Waals surface area contributed by atoms with Crippen LogP contribution in [0, 0.1) is 0 Å². The van der Waals surface area contributed by atoms with E-state index in [1.165, 1.54) is 0 Å². The lowest BCUT2D eigenvalue weighted by Crippen LogP contribution is -2.48. The van der Waals surface area contributed by atoms with Crippen LogP contribution in [0.25, 0.3) is 11.3 Å². The Hall–Kier alpha value is -2.93. The van der Waals surface area contributed by atoms with E-state index in [4.69, 9.17) is 11.6 Å². The van der Waals surface area contributed by atoms with Gasteiger partial charge in [-0.2, -0.15) is 5.10 Å². The normalized spacial score (nSPS) is 16.9. The van der Waals surface area contributed by atoms with Crippen LogP contribution >= 0.6 is 11.6 Å². The number of hydrogen-bond acceptors (Lipinski definition) is 5. The minimum absolute atomic E-state index is 0.0514. The topological polar surface area (TPSA) is 86.8 Å². The van der Waals surface area contributed by atoms with Gasteiger partial charge in [-0.15, -0.1) is 0 Å². The van der Waals surface area contributed by atoms with Crippen molar-refractivity contribution in [1.29, 1.82) is 0 Å². The van der Waals surface area contributed by atoms with Gasteiger partial charge in [0.15, 0.2) is 0 Å². The second-order valence-corrected chi connectivity index (χ2v) is 6.93. The van der Waals surface area contributed by atoms with E-state index in [0.717, 1.165) is 30.8 Å². The molecular weight excluding hydrogens is 364 g/mol. The average molecular weight is 383 g/mol. The first kappa shape index (κ1) is 17.5. The molecule has 0 radical (unpaired) electrons. The van der Waals surface area contributed by atoms with Crippen molar-refractivity contribution in [3.63, 3.8) is 0 Å². The Morgan fingerprint density at radius 1 is 1.26 bits per heavy atom. The van der Waals surface area contributed by atoms with Crippen LogP contribution in [0.2, 0.25) is 5.02 Å². The first-order chi connectivity index (χ1) is 13.2. The maximum Gasteiger partial charge on any atom is 0.269 e. The second-order valence-electron chi connectivity index (χ2n) is 6.50. The van der Waals surface area contributed by atoms with Gasteiger partial charge in [0, 0.05) is 42.1 Å². The van der Waals surface area contributed by atoms with Crippen molar-refractivity contribution in [2.45, 2.75) is 18.9 Å². The Bertz CT molecular complexity index is 911. The van der Waals surface area contributed by atoms with Gasteiger partial charge in [-0.25, -0.2) is 4.98 Å². The molecule has 0 saturated carbocycles. The Morgan fingerprint density at radius 3 is 2.89 bits per heavy atom. The summed E-state index contributed by atoms with van der Waals surface area (Å²) in [6.45, 7) is 1.62. The predicted octanol–water partition coefficient (Wildman–Crippen LogP) is 2.92. The van der Waals surface area contributed by atoms with E-state index >= 15 is 0 Å². The highest BCUT2D eigenvalue weighted by molar-refractivity contribution is 6.30. The summed E-state index contributed by atoms with van der Waals surface area (Å²) in [6, 6.07) is 9.15. The van der Waals surface area contributed by atoms with E-state index in [1.807, 2.05) is 12.1 Å². The third kappa shape index (κ3) is 4.09. The molecule has 1 saturated heterocycles. The first-order valence-electron chi connectivity index (χ1n) is 8.82. The highest BCUT2D eigenvalue weighted by atomic mass is 35.5. The molecule has 0 unspecified atom stereocenters. The number of nitrogens with zero attached hydrogens (tertiary/aromatic N) is 4. The molecule has 0 bridgehead atoms. The number of aromatic nitrogens is 4. The van der Waals surface area contributed by atoms with E-state index < -0.39 is 0 Å². The van der Waals surface area contributed by atoms with Crippen molar-refractivity contribution in [3.05, 3.63) is 59.6 Å². The van der Waals surface area contributed by atoms with Crippen LogP contribution in [-0.2, 0) is 0 Å². The Balaban J connectivity index is 1.41. The number of amides is 1. The Morgan fingerprint density at radius 2 is 2.11 bits per heavy atom. The molecule has 138 valence electrons. The molecule has 1 fully saturated rings. The molecule has 0 aliphatic carbocycles. The van der Waals surface area contributed by atoms with E-state index in [0.29, 0.717) is 23.0 Å². The van der Waals surface area contributed by atoms with Gasteiger partial charge in [0.25, 0.3) is 5.91 Å². The monoisotopic (exact) mass is 382 g/mol. The van der Waals surface area contributed by atoms with E-state index in [2.05, 4.69) is 30.4 Å². The predicted molar refractivity (Wildman–Crippen MR) is 104 cm³/mol. The SMILES string of the molecule is O=C(N[C@H]1CCCN(c2cnccn2)C1)c1cc(-c2ccc(Cl)cc2)n[nH]1. The summed E-state index contributed by atoms with van der Waals surface area (Å²) < 4.78 is 0. The lowest BCUT2D eigenvalue weighted by Gasteiger charge is -2.33. The molecule has 3 aromatic rings. The van der Waals surface area contributed by atoms with Crippen LogP contribution in [0.15, 0.2) is 48.9 Å². The van der Waals surface area contributed by atoms with Gasteiger partial charge in [0.2, 0.25) is 0 Å². The molecule has 0 spiro atoms. The number of nitrogens with one attached hydrogen (secondary N) is 2. The van der Waals surface area contributed by atoms with Crippen LogP contribution < -0.4 is 10.2 Å². The summed E-state index contributed by atoms with van der Waals surface area (Å²) in [4.78, 5) is 23.2. The van der Waals surface area contributed by atoms with Crippen molar-refractivity contribution in [1.82, 2.24) is 25.5 Å². The number of carbonyl (C=O) groups is 1. The maximum atomic E-state index is 12.6. The van der Waals surface area contributed by atoms with Gasteiger partial charge in [0.05, 0.1) is 11.9 Å². The van der Waals surface area contributed by atoms with Crippen molar-refractivity contribution in [2.24, 2.45) is 0 Å². The zero-order valence-corrected chi connectivity index (χ0v) is 15.4. The summed E-state index contributed by atoms with van der Waals surface area (Å²) in [6.07, 6.45) is 7.00. The number of benzene rings is 1. The quantitative estimate of drug-likeness (QED) is 0.724. The summed E-state index contributed by atoms with van der Waals surface area (Å²) >= 11 is 5.91. The lowest BCUT2D eigenvalue weighted by molar-refractivity contribution is 0.0928. The maximum absolute atomic E-state index is 12.6. The van der Waals surface area contributed by atoms with Crippen molar-refractivity contribution in [3.8, 4) is 11.3 Å². The molecule has 2 N–H and O–H groups in total. The number of hydrogen-bond donors (Lipinski definition) is 2. The molecule has 27 heavy (non-hydrogen) atoms. The van der Waals surface area contributed by atoms with Gasteiger partial charge in [-0.3, -0.25) is 14.9 Å². The largest absolute Gasteiger partial charge is 0.353 e. The van der Waals surface area contributed by atoms with Crippen molar-refractivity contribution in [2.75, 3.05) is 18.0 Å². The zero-order valence-electron chi connectivity index (χ0n) is 14.6. The molecule has 1 aliphatic rings. The summed E-state index contributed by atoms with van der Waals surface area (Å²) in [5.74, 6) is 0.678. The number of rotatable bonds is 4. The number of anilines is 1. The van der Waals surface area contributed by atoms with Crippen molar-refractivity contribution >= 4 is 23.3 Å². The summed E-state index contributed by atoms with van der Waals surface area (Å²) in [5.41, 5.74) is 2.06. The van der Waals surface area contributed by atoms with Crippen LogP contribution in [-0.4, -0.2) is 45.2 Å². The number of carbonyl (C=O) groups excluding carboxylic acids is 1. The number of halogens is 1. The molecule has 7 nitrogen and oxygen atoms in total. The lowest BCUT2D eigenvalue weighted by atomic mass is 10.1. The van der Waals surface area contributed by atoms with Gasteiger partial charge in [-0.1, -0.05) is 23.7 Å². The summed E-state index contributed by atoms with van der Waals surface area (Å²) in [7, 11) is 0. The fourth-order valence-corrected chi connectivity index (χ4v) is 3.35. The minimum atomic E-state index is -0.159. The third-order valence-corrected chi connectivity index (χ3v) is 4.84. The van der Waals surface area contributed by atoms with Crippen LogP contribution in [0.1, 0.15) is 23.3 Å². The average Bonchev–Trinajstić information content (AvgIpc) is 3.20. The molecule has 1 atom stereocenters. The molecule has 4 rings (SSSR count). The van der Waals surface area contributed by atoms with Gasteiger partial charge in [-0.05, 0) is 31.0 Å². The summed E-state index contributed by atoms with van der Waals surface area (Å²) in [5, 5.41) is 10.8. The zero-order chi connectivity index (χ0) is 18.6. The van der Waals surface area contributed by atoms with E-state index in [9.17, 15) is 4.79 Å². The fourth-order valence-electron chi connectivity index (χ4n) is 3.23. The van der Waals surface area contributed by atoms with E-state index in [1.54, 1.807) is 36.8 Å². The fraction of sp³-hybridized carbons (Fsp3) is 0.263. The first-order valence-corrected chi connectivity index (χ1v) is 9.20. The van der Waals surface area contributed by atoms with Crippen LogP contribution in [0.5, 0.6) is 0 Å². The van der Waals surface area contributed by atoms with Gasteiger partial charge < -0.3 is 10.2 Å². The molecular formula is C19H19ClN6O. The van der Waals surface area contributed by atoms with Crippen LogP contribution in [0.4, 0.5) is 5.82 Å². The van der Waals surface area contributed by atoms with Crippen molar-refractivity contribution < 1.29 is 4.79 Å². The minimum Gasteiger partial charge on any atom is -0.353 e. The molecule has 8 heteroatoms. The number of H-pyrrole nitrogens is 1. The number of piperidine rings is 1. The molecule has 1 aliphatic heterocycles. The molecule has 2 aromatic heterocycles. The highest BCUT2D eigenvalue weighted by Gasteiger charge is 2.23.